The zero-order valence-electron chi connectivity index (χ0n) is 14.5. The molecule has 0 saturated heterocycles. The average Bonchev–Trinajstić information content (AvgIpc) is 3.42. The summed E-state index contributed by atoms with van der Waals surface area (Å²) >= 11 is 0. The van der Waals surface area contributed by atoms with Crippen LogP contribution in [0.25, 0.3) is 0 Å². The molecule has 2 N–H and O–H groups in total. The third-order valence-corrected chi connectivity index (χ3v) is 6.07. The van der Waals surface area contributed by atoms with E-state index < -0.39 is 0 Å². The Balaban J connectivity index is 0.00000160. The van der Waals surface area contributed by atoms with Crippen molar-refractivity contribution in [2.75, 3.05) is 0 Å². The van der Waals surface area contributed by atoms with Crippen LogP contribution >= 0.6 is 0 Å². The molecule has 134 valence electrons. The second-order valence-electron chi connectivity index (χ2n) is 7.16. The molecule has 0 spiro atoms. The Morgan fingerprint density at radius 1 is 0.889 bits per heavy atom. The minimum Gasteiger partial charge on any atom is -1.00 e. The van der Waals surface area contributed by atoms with Crippen molar-refractivity contribution in [1.82, 2.24) is 19.9 Å². The van der Waals surface area contributed by atoms with E-state index in [0.717, 1.165) is 18.1 Å². The molecular formula is C21H18ClN5. The van der Waals surface area contributed by atoms with Crippen LogP contribution in [-0.2, 0) is 5.41 Å². The van der Waals surface area contributed by atoms with E-state index in [1.165, 1.54) is 16.8 Å². The molecule has 2 atom stereocenters. The Kier molecular flexibility index (Phi) is 3.49. The Bertz CT molecular complexity index is 1010. The topological polar surface area (TPSA) is 61.2 Å². The normalized spacial score (nSPS) is 21.2. The van der Waals surface area contributed by atoms with Crippen LogP contribution in [0.4, 0.5) is 0 Å². The molecule has 3 aromatic heterocycles. The average molecular weight is 376 g/mol. The minimum absolute atomic E-state index is 0. The number of H-pyrrole nitrogens is 2. The van der Waals surface area contributed by atoms with Crippen LogP contribution in [0.5, 0.6) is 0 Å². The predicted molar refractivity (Wildman–Crippen MR) is 95.6 cm³/mol. The largest absolute Gasteiger partial charge is 1.00 e. The van der Waals surface area contributed by atoms with E-state index in [1.54, 1.807) is 0 Å². The Morgan fingerprint density at radius 3 is 2.22 bits per heavy atom. The Labute approximate surface area is 162 Å². The van der Waals surface area contributed by atoms with Crippen molar-refractivity contribution in [1.29, 1.82) is 0 Å². The van der Waals surface area contributed by atoms with E-state index in [9.17, 15) is 0 Å². The molecule has 27 heavy (non-hydrogen) atoms. The lowest BCUT2D eigenvalue weighted by Crippen LogP contribution is -3.00. The molecule has 6 heteroatoms. The highest BCUT2D eigenvalue weighted by molar-refractivity contribution is 5.50. The number of hydrogen-bond acceptors (Lipinski definition) is 2. The molecule has 5 nitrogen and oxygen atoms in total. The van der Waals surface area contributed by atoms with Crippen molar-refractivity contribution in [3.63, 3.8) is 0 Å². The molecule has 0 amide bonds. The second-order valence-corrected chi connectivity index (χ2v) is 7.16. The summed E-state index contributed by atoms with van der Waals surface area (Å²) in [7, 11) is 0. The lowest BCUT2D eigenvalue weighted by molar-refractivity contribution is -0.732. The van der Waals surface area contributed by atoms with Crippen molar-refractivity contribution >= 4 is 0 Å². The summed E-state index contributed by atoms with van der Waals surface area (Å²) in [5, 5.41) is 0. The number of aromatic nitrogens is 5. The van der Waals surface area contributed by atoms with Gasteiger partial charge in [-0.25, -0.2) is 9.97 Å². The van der Waals surface area contributed by atoms with Crippen LogP contribution in [0.1, 0.15) is 46.9 Å². The lowest BCUT2D eigenvalue weighted by Gasteiger charge is -2.46. The number of halogens is 1. The molecule has 4 aromatic rings. The van der Waals surface area contributed by atoms with Crippen molar-refractivity contribution in [3.8, 4) is 0 Å². The van der Waals surface area contributed by atoms with Gasteiger partial charge in [-0.1, -0.05) is 30.3 Å². The van der Waals surface area contributed by atoms with Gasteiger partial charge >= 0.3 is 0 Å². The summed E-state index contributed by atoms with van der Waals surface area (Å²) in [6.45, 7) is 0. The second kappa shape index (κ2) is 5.79. The Morgan fingerprint density at radius 2 is 1.56 bits per heavy atom. The van der Waals surface area contributed by atoms with E-state index in [2.05, 4.69) is 63.2 Å². The van der Waals surface area contributed by atoms with Gasteiger partial charge in [-0.3, -0.25) is 0 Å². The van der Waals surface area contributed by atoms with Crippen molar-refractivity contribution in [2.45, 2.75) is 23.8 Å². The number of rotatable bonds is 2. The maximum atomic E-state index is 4.71. The fraction of sp³-hybridized carbons (Fsp3) is 0.190. The maximum absolute atomic E-state index is 4.71. The van der Waals surface area contributed by atoms with Gasteiger partial charge in [-0.15, -0.1) is 0 Å². The summed E-state index contributed by atoms with van der Waals surface area (Å²) in [6.07, 6.45) is 10.6. The molecule has 2 unspecified atom stereocenters. The van der Waals surface area contributed by atoms with Crippen molar-refractivity contribution < 1.29 is 17.0 Å². The van der Waals surface area contributed by atoms with Gasteiger partial charge in [0.25, 0.3) is 0 Å². The number of hydrogen-bond donors (Lipinski definition) is 2. The first kappa shape index (κ1) is 16.3. The van der Waals surface area contributed by atoms with Gasteiger partial charge in [0.1, 0.15) is 17.1 Å². The first-order valence-corrected chi connectivity index (χ1v) is 8.98. The zero-order valence-corrected chi connectivity index (χ0v) is 15.3. The highest BCUT2D eigenvalue weighted by Gasteiger charge is 2.61. The van der Waals surface area contributed by atoms with Crippen molar-refractivity contribution in [2.24, 2.45) is 0 Å². The predicted octanol–water partition coefficient (Wildman–Crippen LogP) is -0.151. The highest BCUT2D eigenvalue weighted by Crippen LogP contribution is 2.57. The molecule has 0 saturated carbocycles. The fourth-order valence-electron chi connectivity index (χ4n) is 5.13. The quantitative estimate of drug-likeness (QED) is 0.479. The number of nitrogens with one attached hydrogen (secondary N) is 2. The van der Waals surface area contributed by atoms with Crippen LogP contribution in [0.15, 0.2) is 73.4 Å². The van der Waals surface area contributed by atoms with Gasteiger partial charge in [0, 0.05) is 48.9 Å². The monoisotopic (exact) mass is 375 g/mol. The summed E-state index contributed by atoms with van der Waals surface area (Å²) in [6, 6.07) is 15.6. The summed E-state index contributed by atoms with van der Waals surface area (Å²) in [5.41, 5.74) is 3.78. The molecule has 3 aliphatic rings. The van der Waals surface area contributed by atoms with Crippen LogP contribution in [0.3, 0.4) is 0 Å². The van der Waals surface area contributed by atoms with Gasteiger partial charge in [-0.2, -0.15) is 4.57 Å². The van der Waals surface area contributed by atoms with E-state index >= 15 is 0 Å². The number of benzene rings is 1. The molecule has 2 aliphatic heterocycles. The molecule has 2 bridgehead atoms. The van der Waals surface area contributed by atoms with E-state index in [0.29, 0.717) is 0 Å². The van der Waals surface area contributed by atoms with Gasteiger partial charge < -0.3 is 22.4 Å². The molecule has 1 aliphatic carbocycles. The number of nitrogens with zero attached hydrogens (tertiary/aromatic N) is 3. The fourth-order valence-corrected chi connectivity index (χ4v) is 5.13. The van der Waals surface area contributed by atoms with Gasteiger partial charge in [0.2, 0.25) is 0 Å². The number of fused-ring (bicyclic) bond motifs is 1. The maximum Gasteiger partial charge on any atom is 0.190 e. The van der Waals surface area contributed by atoms with Crippen molar-refractivity contribution in [3.05, 3.63) is 102 Å². The molecule has 0 radical (unpaired) electrons. The summed E-state index contributed by atoms with van der Waals surface area (Å²) in [5.74, 6) is 2.11. The molecule has 1 aromatic carbocycles. The SMILES string of the molecule is [Cl-].c1ccc2c(c1)C1CC(c3ncc[nH]3)(c3ncc[nH]3)C2c2cccc[n+]21. The van der Waals surface area contributed by atoms with Gasteiger partial charge in [0.15, 0.2) is 17.9 Å². The van der Waals surface area contributed by atoms with Gasteiger partial charge in [-0.05, 0) is 5.56 Å². The number of aromatic amines is 2. The van der Waals surface area contributed by atoms with E-state index in [4.69, 9.17) is 9.97 Å². The summed E-state index contributed by atoms with van der Waals surface area (Å²) in [4.78, 5) is 16.2. The first-order valence-electron chi connectivity index (χ1n) is 8.98. The first-order chi connectivity index (χ1) is 12.9. The lowest BCUT2D eigenvalue weighted by atomic mass is 9.57. The van der Waals surface area contributed by atoms with Crippen LogP contribution in [0, 0.1) is 0 Å². The minimum atomic E-state index is -0.326. The molecular weight excluding hydrogens is 358 g/mol. The smallest absolute Gasteiger partial charge is 0.190 e. The number of imidazole rings is 2. The van der Waals surface area contributed by atoms with Crippen LogP contribution < -0.4 is 17.0 Å². The Hall–Kier alpha value is -2.92. The third kappa shape index (κ3) is 1.97. The van der Waals surface area contributed by atoms with Crippen LogP contribution in [-0.4, -0.2) is 19.9 Å². The summed E-state index contributed by atoms with van der Waals surface area (Å²) < 4.78 is 2.43. The third-order valence-electron chi connectivity index (χ3n) is 6.07. The zero-order chi connectivity index (χ0) is 17.1. The molecule has 5 heterocycles. The molecule has 7 rings (SSSR count). The molecule has 0 fully saturated rings. The van der Waals surface area contributed by atoms with E-state index in [1.807, 2.05) is 24.8 Å². The standard InChI is InChI=1S/C21H18N5.ClH/c1-2-6-15-14(5-1)17-13-21(19-22-8-9-23-19,20-24-10-11-25-20)18(15)16-7-3-4-12-26(16)17;/h1-12,17-18H,13H2,(H,22,23)(H,24,25);1H/q+1;/p-1. The van der Waals surface area contributed by atoms with Crippen LogP contribution in [0.2, 0.25) is 0 Å². The van der Waals surface area contributed by atoms with E-state index in [-0.39, 0.29) is 29.8 Å². The van der Waals surface area contributed by atoms with Gasteiger partial charge in [0.05, 0.1) is 5.92 Å². The number of pyridine rings is 1. The highest BCUT2D eigenvalue weighted by atomic mass is 35.5.